The van der Waals surface area contributed by atoms with E-state index in [2.05, 4.69) is 16.7 Å². The molecule has 1 aliphatic heterocycles. The normalized spacial score (nSPS) is 19.6. The minimum atomic E-state index is -0.0428. The molecule has 1 amide bonds. The van der Waals surface area contributed by atoms with Crippen molar-refractivity contribution < 1.29 is 9.53 Å². The van der Waals surface area contributed by atoms with Crippen LogP contribution in [0, 0.1) is 6.92 Å². The summed E-state index contributed by atoms with van der Waals surface area (Å²) in [7, 11) is 1.66. The maximum atomic E-state index is 12.1. The van der Waals surface area contributed by atoms with Crippen molar-refractivity contribution >= 4 is 5.91 Å². The first-order chi connectivity index (χ1) is 9.60. The van der Waals surface area contributed by atoms with E-state index < -0.39 is 0 Å². The van der Waals surface area contributed by atoms with Gasteiger partial charge >= 0.3 is 0 Å². The van der Waals surface area contributed by atoms with E-state index in [0.717, 1.165) is 24.3 Å². The lowest BCUT2D eigenvalue weighted by Crippen LogP contribution is -2.33. The summed E-state index contributed by atoms with van der Waals surface area (Å²) in [6, 6.07) is 6.32. The number of benzene rings is 1. The van der Waals surface area contributed by atoms with E-state index in [1.54, 1.807) is 7.11 Å². The van der Waals surface area contributed by atoms with Crippen LogP contribution in [0.25, 0.3) is 0 Å². The van der Waals surface area contributed by atoms with Crippen molar-refractivity contribution in [1.29, 1.82) is 0 Å². The van der Waals surface area contributed by atoms with Crippen molar-refractivity contribution in [2.24, 2.45) is 0 Å². The summed E-state index contributed by atoms with van der Waals surface area (Å²) in [5, 5.41) is 6.41. The van der Waals surface area contributed by atoms with Gasteiger partial charge in [-0.05, 0) is 39.3 Å². The predicted octanol–water partition coefficient (Wildman–Crippen LogP) is 2.32. The van der Waals surface area contributed by atoms with Crippen molar-refractivity contribution in [2.45, 2.75) is 45.2 Å². The number of amides is 1. The van der Waals surface area contributed by atoms with Gasteiger partial charge in [0.15, 0.2) is 0 Å². The van der Waals surface area contributed by atoms with Gasteiger partial charge in [-0.25, -0.2) is 0 Å². The lowest BCUT2D eigenvalue weighted by molar-refractivity contribution is -0.122. The number of methoxy groups -OCH3 is 1. The van der Waals surface area contributed by atoms with Crippen LogP contribution in [0.4, 0.5) is 0 Å². The molecule has 0 bridgehead atoms. The van der Waals surface area contributed by atoms with Gasteiger partial charge in [0.1, 0.15) is 5.75 Å². The molecule has 4 heteroatoms. The molecule has 1 aromatic carbocycles. The molecule has 110 valence electrons. The molecule has 2 atom stereocenters. The molecule has 1 aromatic rings. The van der Waals surface area contributed by atoms with Gasteiger partial charge in [0, 0.05) is 18.0 Å². The average Bonchev–Trinajstić information content (AvgIpc) is 2.91. The van der Waals surface area contributed by atoms with Crippen molar-refractivity contribution in [3.8, 4) is 5.75 Å². The van der Waals surface area contributed by atoms with E-state index in [-0.39, 0.29) is 11.9 Å². The highest BCUT2D eigenvalue weighted by atomic mass is 16.5. The molecule has 1 fully saturated rings. The molecule has 0 aliphatic carbocycles. The number of ether oxygens (including phenoxy) is 1. The SMILES string of the molecule is COc1ccc(C)cc1C(C)NC(=O)CC1CCCN1. The van der Waals surface area contributed by atoms with Crippen molar-refractivity contribution in [3.63, 3.8) is 0 Å². The molecular weight excluding hydrogens is 252 g/mol. The topological polar surface area (TPSA) is 50.4 Å². The molecule has 4 nitrogen and oxygen atoms in total. The highest BCUT2D eigenvalue weighted by Crippen LogP contribution is 2.26. The number of aryl methyl sites for hydroxylation is 1. The van der Waals surface area contributed by atoms with Crippen LogP contribution in [0.2, 0.25) is 0 Å². The molecule has 0 aromatic heterocycles. The van der Waals surface area contributed by atoms with Gasteiger partial charge in [0.05, 0.1) is 13.2 Å². The molecule has 2 rings (SSSR count). The lowest BCUT2D eigenvalue weighted by atomic mass is 10.0. The molecule has 1 saturated heterocycles. The highest BCUT2D eigenvalue weighted by molar-refractivity contribution is 5.77. The Morgan fingerprint density at radius 2 is 2.35 bits per heavy atom. The van der Waals surface area contributed by atoms with E-state index in [1.165, 1.54) is 12.0 Å². The van der Waals surface area contributed by atoms with E-state index in [4.69, 9.17) is 4.74 Å². The van der Waals surface area contributed by atoms with E-state index >= 15 is 0 Å². The quantitative estimate of drug-likeness (QED) is 0.868. The number of carbonyl (C=O) groups excluding carboxylic acids is 1. The lowest BCUT2D eigenvalue weighted by Gasteiger charge is -2.19. The Bertz CT molecular complexity index is 468. The zero-order valence-corrected chi connectivity index (χ0v) is 12.5. The van der Waals surface area contributed by atoms with E-state index in [0.29, 0.717) is 12.5 Å². The van der Waals surface area contributed by atoms with Crippen molar-refractivity contribution in [1.82, 2.24) is 10.6 Å². The standard InChI is InChI=1S/C16H24N2O2/c1-11-6-7-15(20-3)14(9-11)12(2)18-16(19)10-13-5-4-8-17-13/h6-7,9,12-13,17H,4-5,8,10H2,1-3H3,(H,18,19). The number of rotatable bonds is 5. The number of hydrogen-bond donors (Lipinski definition) is 2. The first kappa shape index (κ1) is 14.9. The van der Waals surface area contributed by atoms with Crippen LogP contribution in [0.15, 0.2) is 18.2 Å². The zero-order valence-electron chi connectivity index (χ0n) is 12.5. The average molecular weight is 276 g/mol. The van der Waals surface area contributed by atoms with Gasteiger partial charge < -0.3 is 15.4 Å². The maximum absolute atomic E-state index is 12.1. The largest absolute Gasteiger partial charge is 0.496 e. The monoisotopic (exact) mass is 276 g/mol. The molecule has 2 N–H and O–H groups in total. The molecule has 20 heavy (non-hydrogen) atoms. The van der Waals surface area contributed by atoms with Gasteiger partial charge in [0.25, 0.3) is 0 Å². The van der Waals surface area contributed by atoms with Crippen LogP contribution in [0.5, 0.6) is 5.75 Å². The third-order valence-electron chi connectivity index (χ3n) is 3.82. The number of nitrogens with one attached hydrogen (secondary N) is 2. The Morgan fingerprint density at radius 1 is 1.55 bits per heavy atom. The van der Waals surface area contributed by atoms with Crippen LogP contribution in [-0.4, -0.2) is 25.6 Å². The second kappa shape index (κ2) is 6.75. The summed E-state index contributed by atoms with van der Waals surface area (Å²) in [5.41, 5.74) is 2.19. The molecule has 1 aliphatic rings. The third kappa shape index (κ3) is 3.73. The van der Waals surface area contributed by atoms with Crippen LogP contribution >= 0.6 is 0 Å². The second-order valence-corrected chi connectivity index (χ2v) is 5.53. The number of carbonyl (C=O) groups is 1. The minimum absolute atomic E-state index is 0.0428. The van der Waals surface area contributed by atoms with Crippen LogP contribution in [0.3, 0.4) is 0 Å². The van der Waals surface area contributed by atoms with Gasteiger partial charge in [-0.15, -0.1) is 0 Å². The van der Waals surface area contributed by atoms with Crippen molar-refractivity contribution in [2.75, 3.05) is 13.7 Å². The summed E-state index contributed by atoms with van der Waals surface area (Å²) in [6.07, 6.45) is 2.81. The van der Waals surface area contributed by atoms with E-state index in [1.807, 2.05) is 26.0 Å². The van der Waals surface area contributed by atoms with Gasteiger partial charge in [0.2, 0.25) is 5.91 Å². The van der Waals surface area contributed by atoms with Crippen molar-refractivity contribution in [3.05, 3.63) is 29.3 Å². The molecular formula is C16H24N2O2. The fraction of sp³-hybridized carbons (Fsp3) is 0.562. The molecule has 0 spiro atoms. The molecule has 0 radical (unpaired) electrons. The third-order valence-corrected chi connectivity index (χ3v) is 3.82. The predicted molar refractivity (Wildman–Crippen MR) is 79.9 cm³/mol. The summed E-state index contributed by atoms with van der Waals surface area (Å²) in [5.74, 6) is 0.919. The second-order valence-electron chi connectivity index (χ2n) is 5.53. The zero-order chi connectivity index (χ0) is 14.5. The summed E-state index contributed by atoms with van der Waals surface area (Å²) in [6.45, 7) is 5.07. The smallest absolute Gasteiger partial charge is 0.222 e. The highest BCUT2D eigenvalue weighted by Gasteiger charge is 2.20. The summed E-state index contributed by atoms with van der Waals surface area (Å²) >= 11 is 0. The number of hydrogen-bond acceptors (Lipinski definition) is 3. The van der Waals surface area contributed by atoms with E-state index in [9.17, 15) is 4.79 Å². The molecule has 2 unspecified atom stereocenters. The first-order valence-electron chi connectivity index (χ1n) is 7.27. The van der Waals surface area contributed by atoms with Crippen LogP contribution < -0.4 is 15.4 Å². The summed E-state index contributed by atoms with van der Waals surface area (Å²) < 4.78 is 5.37. The fourth-order valence-electron chi connectivity index (χ4n) is 2.73. The minimum Gasteiger partial charge on any atom is -0.496 e. The maximum Gasteiger partial charge on any atom is 0.222 e. The summed E-state index contributed by atoms with van der Waals surface area (Å²) in [4.78, 5) is 12.1. The van der Waals surface area contributed by atoms with Crippen LogP contribution in [-0.2, 0) is 4.79 Å². The Hall–Kier alpha value is -1.55. The van der Waals surface area contributed by atoms with Crippen LogP contribution in [0.1, 0.15) is 43.4 Å². The Balaban J connectivity index is 1.98. The Kier molecular flexibility index (Phi) is 5.01. The van der Waals surface area contributed by atoms with Gasteiger partial charge in [-0.1, -0.05) is 17.7 Å². The van der Waals surface area contributed by atoms with Gasteiger partial charge in [-0.2, -0.15) is 0 Å². The van der Waals surface area contributed by atoms with Gasteiger partial charge in [-0.3, -0.25) is 4.79 Å². The Morgan fingerprint density at radius 3 is 3.00 bits per heavy atom. The molecule has 1 heterocycles. The first-order valence-corrected chi connectivity index (χ1v) is 7.27. The fourth-order valence-corrected chi connectivity index (χ4v) is 2.73. The molecule has 0 saturated carbocycles. The Labute approximate surface area is 120 Å².